The summed E-state index contributed by atoms with van der Waals surface area (Å²) in [5.41, 5.74) is 0.359. The Bertz CT molecular complexity index is 160. The first-order valence-electron chi connectivity index (χ1n) is 5.65. The number of hydrogen-bond acceptors (Lipinski definition) is 1. The van der Waals surface area contributed by atoms with E-state index in [2.05, 4.69) is 34.6 Å². The van der Waals surface area contributed by atoms with Crippen molar-refractivity contribution in [1.29, 1.82) is 0 Å². The molecule has 2 nitrogen and oxygen atoms in total. The fourth-order valence-corrected chi connectivity index (χ4v) is 1.59. The van der Waals surface area contributed by atoms with Crippen LogP contribution in [0.4, 0.5) is 0 Å². The van der Waals surface area contributed by atoms with Crippen LogP contribution in [-0.2, 0) is 4.79 Å². The topological polar surface area (TPSA) is 20.3 Å². The minimum atomic E-state index is 0.359. The maximum Gasteiger partial charge on any atom is 0.209 e. The highest BCUT2D eigenvalue weighted by Gasteiger charge is 2.30. The molecule has 0 bridgehead atoms. The maximum absolute atomic E-state index is 10.4. The minimum Gasteiger partial charge on any atom is -0.345 e. The van der Waals surface area contributed by atoms with Gasteiger partial charge in [0.1, 0.15) is 0 Å². The third-order valence-electron chi connectivity index (χ3n) is 2.59. The molecule has 1 saturated heterocycles. The number of nitrogens with zero attached hydrogens (tertiary/aromatic N) is 1. The molecule has 1 atom stereocenters. The molecule has 1 aliphatic rings. The quantitative estimate of drug-likeness (QED) is 0.595. The first kappa shape index (κ1) is 13.5. The van der Waals surface area contributed by atoms with Crippen LogP contribution in [0.2, 0.25) is 0 Å². The largest absolute Gasteiger partial charge is 0.345 e. The molecule has 0 radical (unpaired) electrons. The van der Waals surface area contributed by atoms with Gasteiger partial charge in [-0.3, -0.25) is 4.79 Å². The number of hydrogen-bond donors (Lipinski definition) is 0. The van der Waals surface area contributed by atoms with Crippen LogP contribution in [0.3, 0.4) is 0 Å². The standard InChI is InChI=1S/C9H17NO.C3H8/c1-9(2,3)8-4-5-10(6-8)7-11;1-3-2/h7-8H,4-6H2,1-3H3;3H2,1-2H3. The molecular weight excluding hydrogens is 174 g/mol. The van der Waals surface area contributed by atoms with Crippen molar-refractivity contribution in [2.24, 2.45) is 11.3 Å². The van der Waals surface area contributed by atoms with Crippen molar-refractivity contribution in [3.63, 3.8) is 0 Å². The molecule has 84 valence electrons. The van der Waals surface area contributed by atoms with Crippen molar-refractivity contribution in [3.05, 3.63) is 0 Å². The van der Waals surface area contributed by atoms with Gasteiger partial charge in [0, 0.05) is 13.1 Å². The SMILES string of the molecule is CC(C)(C)C1CCN(C=O)C1.CCC. The Morgan fingerprint density at radius 1 is 1.36 bits per heavy atom. The summed E-state index contributed by atoms with van der Waals surface area (Å²) in [7, 11) is 0. The summed E-state index contributed by atoms with van der Waals surface area (Å²) < 4.78 is 0. The molecule has 1 aliphatic heterocycles. The Labute approximate surface area is 88.7 Å². The molecule has 0 aromatic rings. The average Bonchev–Trinajstić information content (AvgIpc) is 2.52. The molecule has 1 unspecified atom stereocenters. The van der Waals surface area contributed by atoms with Crippen molar-refractivity contribution in [2.75, 3.05) is 13.1 Å². The van der Waals surface area contributed by atoms with Crippen LogP contribution in [-0.4, -0.2) is 24.4 Å². The van der Waals surface area contributed by atoms with Gasteiger partial charge in [-0.1, -0.05) is 41.0 Å². The molecule has 0 aromatic carbocycles. The molecule has 0 aromatic heterocycles. The molecule has 0 spiro atoms. The monoisotopic (exact) mass is 199 g/mol. The zero-order chi connectivity index (χ0) is 11.2. The molecule has 1 rings (SSSR count). The van der Waals surface area contributed by atoms with E-state index in [1.54, 1.807) is 0 Å². The van der Waals surface area contributed by atoms with Gasteiger partial charge in [-0.25, -0.2) is 0 Å². The first-order chi connectivity index (χ1) is 6.45. The van der Waals surface area contributed by atoms with Crippen LogP contribution in [0.25, 0.3) is 0 Å². The smallest absolute Gasteiger partial charge is 0.209 e. The lowest BCUT2D eigenvalue weighted by Gasteiger charge is -2.26. The van der Waals surface area contributed by atoms with Gasteiger partial charge in [0.15, 0.2) is 0 Å². The molecule has 0 saturated carbocycles. The van der Waals surface area contributed by atoms with Gasteiger partial charge < -0.3 is 4.90 Å². The summed E-state index contributed by atoms with van der Waals surface area (Å²) in [6.45, 7) is 12.9. The van der Waals surface area contributed by atoms with Crippen LogP contribution in [0.15, 0.2) is 0 Å². The summed E-state index contributed by atoms with van der Waals surface area (Å²) in [4.78, 5) is 12.3. The number of likely N-dealkylation sites (tertiary alicyclic amines) is 1. The van der Waals surface area contributed by atoms with Gasteiger partial charge in [0.25, 0.3) is 0 Å². The molecule has 0 N–H and O–H groups in total. The highest BCUT2D eigenvalue weighted by molar-refractivity contribution is 5.47. The molecule has 1 fully saturated rings. The highest BCUT2D eigenvalue weighted by atomic mass is 16.1. The average molecular weight is 199 g/mol. The van der Waals surface area contributed by atoms with E-state index in [0.29, 0.717) is 11.3 Å². The lowest BCUT2D eigenvalue weighted by Crippen LogP contribution is -2.24. The minimum absolute atomic E-state index is 0.359. The predicted octanol–water partition coefficient (Wildman–Crippen LogP) is 2.93. The Morgan fingerprint density at radius 2 is 1.86 bits per heavy atom. The van der Waals surface area contributed by atoms with Gasteiger partial charge >= 0.3 is 0 Å². The molecule has 1 amide bonds. The van der Waals surface area contributed by atoms with E-state index >= 15 is 0 Å². The molecular formula is C12H25NO. The van der Waals surface area contributed by atoms with E-state index < -0.39 is 0 Å². The molecule has 1 heterocycles. The predicted molar refractivity (Wildman–Crippen MR) is 61.2 cm³/mol. The van der Waals surface area contributed by atoms with Crippen molar-refractivity contribution in [3.8, 4) is 0 Å². The molecule has 14 heavy (non-hydrogen) atoms. The number of carbonyl (C=O) groups is 1. The zero-order valence-corrected chi connectivity index (χ0v) is 10.3. The number of carbonyl (C=O) groups excluding carboxylic acids is 1. The van der Waals surface area contributed by atoms with Crippen LogP contribution < -0.4 is 0 Å². The molecule has 2 heteroatoms. The fraction of sp³-hybridized carbons (Fsp3) is 0.917. The highest BCUT2D eigenvalue weighted by Crippen LogP contribution is 2.32. The van der Waals surface area contributed by atoms with Crippen molar-refractivity contribution >= 4 is 6.41 Å². The van der Waals surface area contributed by atoms with E-state index in [9.17, 15) is 4.79 Å². The Kier molecular flexibility index (Phi) is 5.82. The summed E-state index contributed by atoms with van der Waals surface area (Å²) in [5, 5.41) is 0. The van der Waals surface area contributed by atoms with Gasteiger partial charge in [0.05, 0.1) is 0 Å². The van der Waals surface area contributed by atoms with Gasteiger partial charge in [0.2, 0.25) is 6.41 Å². The second-order valence-corrected chi connectivity index (χ2v) is 5.16. The van der Waals surface area contributed by atoms with Crippen molar-refractivity contribution < 1.29 is 4.79 Å². The van der Waals surface area contributed by atoms with Crippen LogP contribution in [0, 0.1) is 11.3 Å². The number of rotatable bonds is 1. The van der Waals surface area contributed by atoms with Crippen LogP contribution in [0.1, 0.15) is 47.5 Å². The Balaban J connectivity index is 0.000000500. The second-order valence-electron chi connectivity index (χ2n) is 5.16. The third kappa shape index (κ3) is 4.64. The van der Waals surface area contributed by atoms with Crippen molar-refractivity contribution in [2.45, 2.75) is 47.5 Å². The summed E-state index contributed by atoms with van der Waals surface area (Å²) in [5.74, 6) is 0.688. The zero-order valence-electron chi connectivity index (χ0n) is 10.3. The van der Waals surface area contributed by atoms with Gasteiger partial charge in [-0.15, -0.1) is 0 Å². The van der Waals surface area contributed by atoms with Crippen molar-refractivity contribution in [1.82, 2.24) is 4.90 Å². The summed E-state index contributed by atoms with van der Waals surface area (Å²) in [6.07, 6.45) is 3.38. The van der Waals surface area contributed by atoms with E-state index in [0.717, 1.165) is 19.5 Å². The van der Waals surface area contributed by atoms with Crippen LogP contribution >= 0.6 is 0 Å². The first-order valence-corrected chi connectivity index (χ1v) is 5.65. The van der Waals surface area contributed by atoms with E-state index in [1.807, 2.05) is 4.90 Å². The normalized spacial score (nSPS) is 21.5. The lowest BCUT2D eigenvalue weighted by atomic mass is 9.80. The van der Waals surface area contributed by atoms with Gasteiger partial charge in [-0.2, -0.15) is 0 Å². The Hall–Kier alpha value is -0.530. The summed E-state index contributed by atoms with van der Waals surface area (Å²) in [6, 6.07) is 0. The fourth-order valence-electron chi connectivity index (χ4n) is 1.59. The lowest BCUT2D eigenvalue weighted by molar-refractivity contribution is -0.117. The molecule has 0 aliphatic carbocycles. The van der Waals surface area contributed by atoms with E-state index in [-0.39, 0.29) is 0 Å². The third-order valence-corrected chi connectivity index (χ3v) is 2.59. The number of amides is 1. The van der Waals surface area contributed by atoms with E-state index in [4.69, 9.17) is 0 Å². The summed E-state index contributed by atoms with van der Waals surface area (Å²) >= 11 is 0. The van der Waals surface area contributed by atoms with E-state index in [1.165, 1.54) is 12.8 Å². The van der Waals surface area contributed by atoms with Crippen LogP contribution in [0.5, 0.6) is 0 Å². The van der Waals surface area contributed by atoms with Gasteiger partial charge in [-0.05, 0) is 17.8 Å². The Morgan fingerprint density at radius 3 is 2.07 bits per heavy atom. The second kappa shape index (κ2) is 6.05. The maximum atomic E-state index is 10.4.